The maximum atomic E-state index is 5.71. The highest BCUT2D eigenvalue weighted by atomic mass is 16.5. The molecule has 0 unspecified atom stereocenters. The zero-order valence-electron chi connectivity index (χ0n) is 15.5. The summed E-state index contributed by atoms with van der Waals surface area (Å²) in [6.45, 7) is 5.17. The van der Waals surface area contributed by atoms with Crippen LogP contribution >= 0.6 is 0 Å². The van der Waals surface area contributed by atoms with Gasteiger partial charge in [-0.2, -0.15) is 14.6 Å². The van der Waals surface area contributed by atoms with Crippen LogP contribution in [-0.4, -0.2) is 46.5 Å². The van der Waals surface area contributed by atoms with Crippen LogP contribution in [0.4, 0.5) is 5.82 Å². The molecule has 0 aliphatic rings. The number of aromatic nitrogens is 4. The van der Waals surface area contributed by atoms with Crippen molar-refractivity contribution in [2.24, 2.45) is 0 Å². The van der Waals surface area contributed by atoms with Crippen LogP contribution in [0.5, 0.6) is 0 Å². The predicted octanol–water partition coefficient (Wildman–Crippen LogP) is 3.45. The van der Waals surface area contributed by atoms with Gasteiger partial charge in [0.25, 0.3) is 5.78 Å². The number of hydrogen-bond acceptors (Lipinski definition) is 6. The molecule has 2 aromatic rings. The van der Waals surface area contributed by atoms with Crippen molar-refractivity contribution in [3.05, 3.63) is 18.1 Å². The maximum absolute atomic E-state index is 5.71. The molecule has 0 fully saturated rings. The molecule has 0 saturated carbocycles. The molecule has 0 radical (unpaired) electrons. The van der Waals surface area contributed by atoms with Crippen LogP contribution < -0.4 is 5.32 Å². The van der Waals surface area contributed by atoms with E-state index in [1.807, 2.05) is 6.07 Å². The molecule has 0 aliphatic heterocycles. The second-order valence-electron chi connectivity index (χ2n) is 6.20. The van der Waals surface area contributed by atoms with Gasteiger partial charge < -0.3 is 14.8 Å². The smallest absolute Gasteiger partial charge is 0.254 e. The molecule has 1 N–H and O–H groups in total. The minimum Gasteiger partial charge on any atom is -0.381 e. The van der Waals surface area contributed by atoms with Gasteiger partial charge in [0.1, 0.15) is 12.1 Å². The van der Waals surface area contributed by atoms with E-state index >= 15 is 0 Å². The van der Waals surface area contributed by atoms with Gasteiger partial charge in [-0.25, -0.2) is 4.98 Å². The second kappa shape index (κ2) is 11.8. The third kappa shape index (κ3) is 6.96. The number of fused-ring (bicyclic) bond motifs is 1. The quantitative estimate of drug-likeness (QED) is 0.527. The van der Waals surface area contributed by atoms with Gasteiger partial charge in [-0.15, -0.1) is 0 Å². The molecule has 0 bridgehead atoms. The first-order valence-corrected chi connectivity index (χ1v) is 9.35. The van der Waals surface area contributed by atoms with Crippen LogP contribution in [0.2, 0.25) is 0 Å². The summed E-state index contributed by atoms with van der Waals surface area (Å²) in [5.74, 6) is 1.46. The summed E-state index contributed by atoms with van der Waals surface area (Å²) in [6, 6.07) is 1.95. The molecular formula is C18H31N5O2. The summed E-state index contributed by atoms with van der Waals surface area (Å²) < 4.78 is 12.6. The standard InChI is InChI=1S/C18H31N5O2/c1-3-4-5-6-7-8-11-25-12-9-10-19-17-13-16(14-24-2)22-18-20-15-21-23(17)18/h13,15,19H,3-12,14H2,1-2H3. The Bertz CT molecular complexity index is 602. The molecule has 0 saturated heterocycles. The highest BCUT2D eigenvalue weighted by Gasteiger charge is 2.07. The van der Waals surface area contributed by atoms with Crippen molar-refractivity contribution in [1.82, 2.24) is 19.6 Å². The molecule has 25 heavy (non-hydrogen) atoms. The minimum absolute atomic E-state index is 0.458. The van der Waals surface area contributed by atoms with Crippen LogP contribution in [0.1, 0.15) is 57.6 Å². The number of nitrogens with one attached hydrogen (secondary N) is 1. The Morgan fingerprint density at radius 2 is 1.88 bits per heavy atom. The van der Waals surface area contributed by atoms with Crippen molar-refractivity contribution in [3.63, 3.8) is 0 Å². The molecule has 0 aromatic carbocycles. The van der Waals surface area contributed by atoms with Crippen molar-refractivity contribution in [1.29, 1.82) is 0 Å². The van der Waals surface area contributed by atoms with Gasteiger partial charge in [0.2, 0.25) is 0 Å². The first-order chi connectivity index (χ1) is 12.3. The molecule has 2 heterocycles. The fraction of sp³-hybridized carbons (Fsp3) is 0.722. The molecule has 2 aromatic heterocycles. The van der Waals surface area contributed by atoms with Crippen molar-refractivity contribution < 1.29 is 9.47 Å². The van der Waals surface area contributed by atoms with E-state index in [4.69, 9.17) is 9.47 Å². The molecule has 0 spiro atoms. The number of unbranched alkanes of at least 4 members (excludes halogenated alkanes) is 5. The van der Waals surface area contributed by atoms with Crippen LogP contribution in [-0.2, 0) is 16.1 Å². The number of rotatable bonds is 14. The summed E-state index contributed by atoms with van der Waals surface area (Å²) in [5.41, 5.74) is 0.838. The van der Waals surface area contributed by atoms with Crippen molar-refractivity contribution in [2.75, 3.05) is 32.2 Å². The summed E-state index contributed by atoms with van der Waals surface area (Å²) in [7, 11) is 1.66. The molecule has 7 heteroatoms. The van der Waals surface area contributed by atoms with Gasteiger partial charge in [0.05, 0.1) is 12.3 Å². The number of methoxy groups -OCH3 is 1. The maximum Gasteiger partial charge on any atom is 0.254 e. The Labute approximate surface area is 150 Å². The van der Waals surface area contributed by atoms with Gasteiger partial charge >= 0.3 is 0 Å². The van der Waals surface area contributed by atoms with E-state index in [0.717, 1.165) is 37.7 Å². The Kier molecular flexibility index (Phi) is 9.22. The van der Waals surface area contributed by atoms with Gasteiger partial charge in [-0.3, -0.25) is 0 Å². The summed E-state index contributed by atoms with van der Waals surface area (Å²) >= 11 is 0. The topological polar surface area (TPSA) is 73.6 Å². The highest BCUT2D eigenvalue weighted by molar-refractivity contribution is 5.44. The summed E-state index contributed by atoms with van der Waals surface area (Å²) in [5, 5.41) is 7.58. The first kappa shape index (κ1) is 19.6. The van der Waals surface area contributed by atoms with E-state index in [1.165, 1.54) is 44.9 Å². The van der Waals surface area contributed by atoms with Gasteiger partial charge in [-0.05, 0) is 12.8 Å². The van der Waals surface area contributed by atoms with Crippen LogP contribution in [0.3, 0.4) is 0 Å². The molecule has 0 amide bonds. The van der Waals surface area contributed by atoms with E-state index < -0.39 is 0 Å². The monoisotopic (exact) mass is 349 g/mol. The third-order valence-corrected chi connectivity index (χ3v) is 4.01. The third-order valence-electron chi connectivity index (χ3n) is 4.01. The predicted molar refractivity (Wildman–Crippen MR) is 98.8 cm³/mol. The van der Waals surface area contributed by atoms with Gasteiger partial charge in [0.15, 0.2) is 0 Å². The number of nitrogens with zero attached hydrogens (tertiary/aromatic N) is 4. The molecule has 2 rings (SSSR count). The largest absolute Gasteiger partial charge is 0.381 e. The highest BCUT2D eigenvalue weighted by Crippen LogP contribution is 2.11. The average Bonchev–Trinajstić information content (AvgIpc) is 3.08. The number of hydrogen-bond donors (Lipinski definition) is 1. The van der Waals surface area contributed by atoms with Gasteiger partial charge in [0, 0.05) is 32.9 Å². The molecule has 140 valence electrons. The summed E-state index contributed by atoms with van der Waals surface area (Å²) in [6.07, 6.45) is 10.2. The minimum atomic E-state index is 0.458. The fourth-order valence-electron chi connectivity index (χ4n) is 2.69. The van der Waals surface area contributed by atoms with Gasteiger partial charge in [-0.1, -0.05) is 39.0 Å². The zero-order valence-corrected chi connectivity index (χ0v) is 15.5. The first-order valence-electron chi connectivity index (χ1n) is 9.35. The molecule has 7 nitrogen and oxygen atoms in total. The summed E-state index contributed by atoms with van der Waals surface area (Å²) in [4.78, 5) is 8.54. The number of anilines is 1. The Morgan fingerprint density at radius 3 is 2.72 bits per heavy atom. The Balaban J connectivity index is 1.62. The molecule has 0 atom stereocenters. The lowest BCUT2D eigenvalue weighted by molar-refractivity contribution is 0.129. The fourth-order valence-corrected chi connectivity index (χ4v) is 2.69. The second-order valence-corrected chi connectivity index (χ2v) is 6.20. The lowest BCUT2D eigenvalue weighted by Gasteiger charge is -2.10. The van der Waals surface area contributed by atoms with Crippen LogP contribution in [0, 0.1) is 0 Å². The van der Waals surface area contributed by atoms with E-state index in [2.05, 4.69) is 27.3 Å². The molecule has 0 aliphatic carbocycles. The van der Waals surface area contributed by atoms with E-state index in [0.29, 0.717) is 12.4 Å². The van der Waals surface area contributed by atoms with E-state index in [9.17, 15) is 0 Å². The lowest BCUT2D eigenvalue weighted by Crippen LogP contribution is -2.11. The normalized spacial score (nSPS) is 11.3. The van der Waals surface area contributed by atoms with E-state index in [-0.39, 0.29) is 0 Å². The van der Waals surface area contributed by atoms with Crippen molar-refractivity contribution in [3.8, 4) is 0 Å². The lowest BCUT2D eigenvalue weighted by atomic mass is 10.1. The van der Waals surface area contributed by atoms with E-state index in [1.54, 1.807) is 11.6 Å². The Hall–Kier alpha value is -1.73. The van der Waals surface area contributed by atoms with Crippen LogP contribution in [0.15, 0.2) is 12.4 Å². The Morgan fingerprint density at radius 1 is 1.08 bits per heavy atom. The van der Waals surface area contributed by atoms with Crippen molar-refractivity contribution >= 4 is 11.6 Å². The van der Waals surface area contributed by atoms with Crippen LogP contribution in [0.25, 0.3) is 5.78 Å². The average molecular weight is 349 g/mol. The SMILES string of the molecule is CCCCCCCCOCCCNc1cc(COC)nc2ncnn12. The van der Waals surface area contributed by atoms with Crippen molar-refractivity contribution in [2.45, 2.75) is 58.5 Å². The molecular weight excluding hydrogens is 318 g/mol. The number of ether oxygens (including phenoxy) is 2. The zero-order chi connectivity index (χ0) is 17.7.